The highest BCUT2D eigenvalue weighted by atomic mass is 32.2. The molecule has 1 heterocycles. The molecule has 1 aliphatic rings. The number of aryl methyl sites for hydroxylation is 1. The van der Waals surface area contributed by atoms with E-state index >= 15 is 0 Å². The monoisotopic (exact) mass is 341 g/mol. The molecular weight excluding hydrogens is 310 g/mol. The quantitative estimate of drug-likeness (QED) is 0.758. The second-order valence-electron chi connectivity index (χ2n) is 7.05. The van der Waals surface area contributed by atoms with Crippen LogP contribution in [0.15, 0.2) is 21.8 Å². The van der Waals surface area contributed by atoms with Gasteiger partial charge in [-0.15, -0.1) is 0 Å². The lowest BCUT2D eigenvalue weighted by Crippen LogP contribution is -2.44. The molecule has 1 aliphatic carbocycles. The fourth-order valence-electron chi connectivity index (χ4n) is 3.98. The maximum Gasteiger partial charge on any atom is 0.187 e. The van der Waals surface area contributed by atoms with Crippen molar-refractivity contribution >= 4 is 9.84 Å². The van der Waals surface area contributed by atoms with Crippen molar-refractivity contribution in [2.75, 3.05) is 6.54 Å². The summed E-state index contributed by atoms with van der Waals surface area (Å²) in [6.45, 7) is 4.36. The number of sulfone groups is 1. The number of hydrogen-bond donors (Lipinski definition) is 1. The van der Waals surface area contributed by atoms with Crippen molar-refractivity contribution in [1.29, 1.82) is 0 Å². The Balaban J connectivity index is 2.42. The van der Waals surface area contributed by atoms with Gasteiger partial charge in [-0.25, -0.2) is 8.42 Å². The summed E-state index contributed by atoms with van der Waals surface area (Å²) in [5.41, 5.74) is 6.63. The zero-order valence-corrected chi connectivity index (χ0v) is 15.3. The first kappa shape index (κ1) is 18.5. The van der Waals surface area contributed by atoms with E-state index in [2.05, 4.69) is 0 Å². The zero-order valence-electron chi connectivity index (χ0n) is 14.5. The van der Waals surface area contributed by atoms with Crippen LogP contribution in [0, 0.1) is 5.92 Å². The number of rotatable bonds is 7. The molecule has 1 aromatic rings. The Morgan fingerprint density at radius 3 is 2.43 bits per heavy atom. The maximum absolute atomic E-state index is 13.5. The number of furan rings is 1. The molecule has 1 atom stereocenters. The largest absolute Gasteiger partial charge is 0.471 e. The van der Waals surface area contributed by atoms with Crippen molar-refractivity contribution in [2.24, 2.45) is 11.7 Å². The second kappa shape index (κ2) is 7.84. The minimum Gasteiger partial charge on any atom is -0.471 e. The number of hydrogen-bond acceptors (Lipinski definition) is 4. The first-order valence-electron chi connectivity index (χ1n) is 8.97. The van der Waals surface area contributed by atoms with Crippen LogP contribution in [0.1, 0.15) is 70.8 Å². The van der Waals surface area contributed by atoms with Crippen molar-refractivity contribution in [3.05, 3.63) is 18.1 Å². The summed E-state index contributed by atoms with van der Waals surface area (Å²) in [5.74, 6) is 0.183. The zero-order chi connectivity index (χ0) is 16.9. The van der Waals surface area contributed by atoms with E-state index in [0.29, 0.717) is 17.9 Å². The predicted octanol–water partition coefficient (Wildman–Crippen LogP) is 4.08. The molecule has 0 spiro atoms. The SMILES string of the molecule is CCCc1cocc1S(=O)(=O)C(C)(CCN)C1CCCCCC1. The molecule has 132 valence electrons. The summed E-state index contributed by atoms with van der Waals surface area (Å²) in [4.78, 5) is 0.388. The molecule has 0 saturated heterocycles. The Bertz CT molecular complexity index is 585. The van der Waals surface area contributed by atoms with Crippen LogP contribution >= 0.6 is 0 Å². The third kappa shape index (κ3) is 3.66. The Labute approximate surface area is 140 Å². The van der Waals surface area contributed by atoms with Gasteiger partial charge in [0, 0.05) is 5.56 Å². The van der Waals surface area contributed by atoms with Gasteiger partial charge in [0.1, 0.15) is 11.2 Å². The molecule has 5 heteroatoms. The molecule has 1 saturated carbocycles. The lowest BCUT2D eigenvalue weighted by molar-refractivity contribution is 0.323. The van der Waals surface area contributed by atoms with E-state index in [1.54, 1.807) is 6.26 Å². The summed E-state index contributed by atoms with van der Waals surface area (Å²) in [6, 6.07) is 0. The molecule has 1 unspecified atom stereocenters. The van der Waals surface area contributed by atoms with Crippen LogP contribution in [-0.2, 0) is 16.3 Å². The van der Waals surface area contributed by atoms with Gasteiger partial charge in [-0.1, -0.05) is 39.0 Å². The van der Waals surface area contributed by atoms with Crippen molar-refractivity contribution < 1.29 is 12.8 Å². The van der Waals surface area contributed by atoms with Crippen molar-refractivity contribution in [1.82, 2.24) is 0 Å². The first-order valence-corrected chi connectivity index (χ1v) is 10.5. The van der Waals surface area contributed by atoms with E-state index in [-0.39, 0.29) is 5.92 Å². The predicted molar refractivity (Wildman–Crippen MR) is 93.2 cm³/mol. The Hall–Kier alpha value is -0.810. The van der Waals surface area contributed by atoms with Crippen molar-refractivity contribution in [3.63, 3.8) is 0 Å². The fourth-order valence-corrected chi connectivity index (χ4v) is 6.23. The average Bonchev–Trinajstić information content (AvgIpc) is 2.81. The molecule has 1 aromatic heterocycles. The standard InChI is InChI=1S/C18H31NO3S/c1-3-8-15-13-22-14-17(15)23(20,21)18(2,11-12-19)16-9-6-4-5-7-10-16/h13-14,16H,3-12,19H2,1-2H3. The Kier molecular flexibility index (Phi) is 6.32. The summed E-state index contributed by atoms with van der Waals surface area (Å²) in [6.07, 6.45) is 11.8. The highest BCUT2D eigenvalue weighted by Crippen LogP contribution is 2.42. The van der Waals surface area contributed by atoms with E-state index in [1.165, 1.54) is 19.1 Å². The minimum absolute atomic E-state index is 0.183. The van der Waals surface area contributed by atoms with Gasteiger partial charge in [0.15, 0.2) is 9.84 Å². The first-order chi connectivity index (χ1) is 11.0. The molecule has 1 fully saturated rings. The molecule has 0 bridgehead atoms. The van der Waals surface area contributed by atoms with Crippen LogP contribution in [0.2, 0.25) is 0 Å². The minimum atomic E-state index is -3.46. The van der Waals surface area contributed by atoms with E-state index < -0.39 is 14.6 Å². The summed E-state index contributed by atoms with van der Waals surface area (Å²) in [5, 5.41) is 0. The molecule has 0 aliphatic heterocycles. The molecular formula is C18H31NO3S. The molecule has 2 N–H and O–H groups in total. The summed E-state index contributed by atoms with van der Waals surface area (Å²) in [7, 11) is -3.46. The van der Waals surface area contributed by atoms with Gasteiger partial charge >= 0.3 is 0 Å². The Morgan fingerprint density at radius 2 is 1.87 bits per heavy atom. The van der Waals surface area contributed by atoms with E-state index in [4.69, 9.17) is 10.2 Å². The summed E-state index contributed by atoms with van der Waals surface area (Å²) < 4.78 is 31.5. The highest BCUT2D eigenvalue weighted by molar-refractivity contribution is 7.92. The van der Waals surface area contributed by atoms with Crippen LogP contribution < -0.4 is 5.73 Å². The average molecular weight is 342 g/mol. The molecule has 0 aromatic carbocycles. The fraction of sp³-hybridized carbons (Fsp3) is 0.778. The van der Waals surface area contributed by atoms with Crippen LogP contribution in [0.4, 0.5) is 0 Å². The lowest BCUT2D eigenvalue weighted by atomic mass is 9.84. The second-order valence-corrected chi connectivity index (χ2v) is 9.43. The lowest BCUT2D eigenvalue weighted by Gasteiger charge is -2.36. The van der Waals surface area contributed by atoms with E-state index in [0.717, 1.165) is 44.1 Å². The van der Waals surface area contributed by atoms with Crippen molar-refractivity contribution in [2.45, 2.75) is 81.3 Å². The number of nitrogens with two attached hydrogens (primary N) is 1. The topological polar surface area (TPSA) is 73.3 Å². The molecule has 23 heavy (non-hydrogen) atoms. The van der Waals surface area contributed by atoms with Crippen LogP contribution in [-0.4, -0.2) is 19.7 Å². The van der Waals surface area contributed by atoms with E-state index in [9.17, 15) is 8.42 Å². The van der Waals surface area contributed by atoms with Gasteiger partial charge in [0.2, 0.25) is 0 Å². The molecule has 2 rings (SSSR count). The van der Waals surface area contributed by atoms with Gasteiger partial charge in [0.05, 0.1) is 11.0 Å². The Morgan fingerprint density at radius 1 is 1.22 bits per heavy atom. The van der Waals surface area contributed by atoms with Gasteiger partial charge in [0.25, 0.3) is 0 Å². The molecule has 4 nitrogen and oxygen atoms in total. The molecule has 0 radical (unpaired) electrons. The van der Waals surface area contributed by atoms with Crippen LogP contribution in [0.5, 0.6) is 0 Å². The third-order valence-corrected chi connectivity index (χ3v) is 8.19. The van der Waals surface area contributed by atoms with E-state index in [1.807, 2.05) is 13.8 Å². The molecule has 0 amide bonds. The normalized spacial score (nSPS) is 20.1. The third-order valence-electron chi connectivity index (χ3n) is 5.48. The summed E-state index contributed by atoms with van der Waals surface area (Å²) >= 11 is 0. The smallest absolute Gasteiger partial charge is 0.187 e. The maximum atomic E-state index is 13.5. The van der Waals surface area contributed by atoms with Gasteiger partial charge < -0.3 is 10.2 Å². The van der Waals surface area contributed by atoms with Gasteiger partial charge in [-0.2, -0.15) is 0 Å². The van der Waals surface area contributed by atoms with Gasteiger partial charge in [-0.05, 0) is 45.1 Å². The highest BCUT2D eigenvalue weighted by Gasteiger charge is 2.47. The van der Waals surface area contributed by atoms with Crippen LogP contribution in [0.3, 0.4) is 0 Å². The van der Waals surface area contributed by atoms with Gasteiger partial charge in [-0.3, -0.25) is 0 Å². The van der Waals surface area contributed by atoms with Crippen LogP contribution in [0.25, 0.3) is 0 Å². The van der Waals surface area contributed by atoms with Crippen molar-refractivity contribution in [3.8, 4) is 0 Å².